The third-order valence-corrected chi connectivity index (χ3v) is 3.02. The minimum absolute atomic E-state index is 0.157. The highest BCUT2D eigenvalue weighted by atomic mass is 19.1. The van der Waals surface area contributed by atoms with Crippen molar-refractivity contribution < 1.29 is 14.3 Å². The van der Waals surface area contributed by atoms with Crippen molar-refractivity contribution in [1.29, 1.82) is 0 Å². The molecule has 0 spiro atoms. The number of hydrogen-bond acceptors (Lipinski definition) is 2. The van der Waals surface area contributed by atoms with Gasteiger partial charge in [0.25, 0.3) is 5.91 Å². The van der Waals surface area contributed by atoms with Crippen LogP contribution in [0.5, 0.6) is 0 Å². The van der Waals surface area contributed by atoms with Crippen molar-refractivity contribution in [2.24, 2.45) is 5.73 Å². The maximum atomic E-state index is 13.3. The Balaban J connectivity index is 2.37. The van der Waals surface area contributed by atoms with Gasteiger partial charge in [0.1, 0.15) is 11.5 Å². The van der Waals surface area contributed by atoms with Gasteiger partial charge in [-0.15, -0.1) is 0 Å². The Morgan fingerprint density at radius 2 is 2.16 bits per heavy atom. The zero-order chi connectivity index (χ0) is 14.2. The van der Waals surface area contributed by atoms with E-state index in [-0.39, 0.29) is 11.5 Å². The van der Waals surface area contributed by atoms with E-state index in [9.17, 15) is 14.3 Å². The summed E-state index contributed by atoms with van der Waals surface area (Å²) in [4.78, 5) is 11.4. The molecule has 1 aliphatic rings. The zero-order valence-corrected chi connectivity index (χ0v) is 10.9. The van der Waals surface area contributed by atoms with Crippen LogP contribution >= 0.6 is 0 Å². The van der Waals surface area contributed by atoms with E-state index in [4.69, 9.17) is 5.73 Å². The summed E-state index contributed by atoms with van der Waals surface area (Å²) in [5.41, 5.74) is 6.31. The van der Waals surface area contributed by atoms with Gasteiger partial charge in [0.2, 0.25) is 0 Å². The first kappa shape index (κ1) is 13.5. The van der Waals surface area contributed by atoms with Crippen molar-refractivity contribution >= 4 is 17.2 Å². The SMILES string of the molecule is CC(C)(O)CCC1=C(C(N)=O)[N]c2ccc(F)cc21. The molecule has 4 nitrogen and oxygen atoms in total. The number of benzene rings is 1. The zero-order valence-electron chi connectivity index (χ0n) is 10.9. The Bertz CT molecular complexity index is 559. The van der Waals surface area contributed by atoms with Gasteiger partial charge in [-0.05, 0) is 50.5 Å². The lowest BCUT2D eigenvalue weighted by Crippen LogP contribution is -2.20. The van der Waals surface area contributed by atoms with E-state index in [1.165, 1.54) is 18.2 Å². The number of nitrogens with zero attached hydrogens (tertiary/aromatic N) is 1. The summed E-state index contributed by atoms with van der Waals surface area (Å²) in [7, 11) is 0. The molecule has 1 aliphatic heterocycles. The van der Waals surface area contributed by atoms with Crippen LogP contribution in [0, 0.1) is 5.82 Å². The average Bonchev–Trinajstić information content (AvgIpc) is 2.63. The van der Waals surface area contributed by atoms with E-state index >= 15 is 0 Å². The molecule has 0 unspecified atom stereocenters. The molecular weight excluding hydrogens is 247 g/mol. The lowest BCUT2D eigenvalue weighted by Gasteiger charge is -2.17. The Morgan fingerprint density at radius 3 is 2.74 bits per heavy atom. The van der Waals surface area contributed by atoms with E-state index in [1.807, 2.05) is 0 Å². The first-order valence-electron chi connectivity index (χ1n) is 6.05. The number of aliphatic hydroxyl groups is 1. The van der Waals surface area contributed by atoms with E-state index in [0.717, 1.165) is 0 Å². The highest BCUT2D eigenvalue weighted by molar-refractivity contribution is 6.04. The van der Waals surface area contributed by atoms with Gasteiger partial charge in [0, 0.05) is 5.56 Å². The smallest absolute Gasteiger partial charge is 0.267 e. The van der Waals surface area contributed by atoms with Crippen molar-refractivity contribution in [2.75, 3.05) is 0 Å². The predicted octanol–water partition coefficient (Wildman–Crippen LogP) is 1.82. The van der Waals surface area contributed by atoms with Crippen LogP contribution < -0.4 is 11.1 Å². The van der Waals surface area contributed by atoms with Crippen LogP contribution in [-0.2, 0) is 4.79 Å². The molecule has 0 aliphatic carbocycles. The fraction of sp³-hybridized carbons (Fsp3) is 0.357. The molecule has 2 rings (SSSR count). The molecule has 0 aromatic heterocycles. The largest absolute Gasteiger partial charge is 0.390 e. The second kappa shape index (κ2) is 4.66. The fourth-order valence-electron chi connectivity index (χ4n) is 2.05. The van der Waals surface area contributed by atoms with Crippen molar-refractivity contribution in [3.05, 3.63) is 35.3 Å². The number of amides is 1. The van der Waals surface area contributed by atoms with E-state index in [1.54, 1.807) is 13.8 Å². The lowest BCUT2D eigenvalue weighted by atomic mass is 9.94. The quantitative estimate of drug-likeness (QED) is 0.869. The Kier molecular flexibility index (Phi) is 3.32. The van der Waals surface area contributed by atoms with Gasteiger partial charge in [-0.1, -0.05) is 0 Å². The molecule has 0 bridgehead atoms. The molecule has 1 heterocycles. The summed E-state index contributed by atoms with van der Waals surface area (Å²) in [5, 5.41) is 13.9. The number of nitrogens with two attached hydrogens (primary N) is 1. The molecule has 0 atom stereocenters. The van der Waals surface area contributed by atoms with E-state index in [0.29, 0.717) is 29.7 Å². The van der Waals surface area contributed by atoms with Gasteiger partial charge >= 0.3 is 0 Å². The highest BCUT2D eigenvalue weighted by Crippen LogP contribution is 2.38. The molecule has 0 saturated heterocycles. The van der Waals surface area contributed by atoms with Crippen LogP contribution in [0.15, 0.2) is 23.9 Å². The standard InChI is InChI=1S/C14H16FN2O2/c1-14(2,19)6-5-9-10-7-8(15)3-4-11(10)17-12(9)13(16)18/h3-4,7,19H,5-6H2,1-2H3,(H2,16,18). The Morgan fingerprint density at radius 1 is 1.47 bits per heavy atom. The predicted molar refractivity (Wildman–Crippen MR) is 69.8 cm³/mol. The molecule has 3 N–H and O–H groups in total. The first-order chi connectivity index (χ1) is 8.78. The van der Waals surface area contributed by atoms with E-state index in [2.05, 4.69) is 5.32 Å². The number of primary amides is 1. The second-order valence-corrected chi connectivity index (χ2v) is 5.28. The number of carbonyl (C=O) groups is 1. The number of allylic oxidation sites excluding steroid dienone is 1. The maximum absolute atomic E-state index is 13.3. The number of hydrogen-bond donors (Lipinski definition) is 2. The molecule has 0 fully saturated rings. The normalized spacial score (nSPS) is 14.3. The molecule has 1 amide bonds. The number of rotatable bonds is 4. The number of carbonyl (C=O) groups excluding carboxylic acids is 1. The molecule has 1 aromatic carbocycles. The molecule has 5 heteroatoms. The molecular formula is C14H16FN2O2. The van der Waals surface area contributed by atoms with Crippen LogP contribution in [0.25, 0.3) is 5.57 Å². The fourth-order valence-corrected chi connectivity index (χ4v) is 2.05. The van der Waals surface area contributed by atoms with Crippen LogP contribution in [0.1, 0.15) is 32.3 Å². The minimum Gasteiger partial charge on any atom is -0.390 e. The van der Waals surface area contributed by atoms with Gasteiger partial charge in [0.15, 0.2) is 0 Å². The van der Waals surface area contributed by atoms with Gasteiger partial charge in [-0.2, -0.15) is 0 Å². The summed E-state index contributed by atoms with van der Waals surface area (Å²) >= 11 is 0. The van der Waals surface area contributed by atoms with Crippen molar-refractivity contribution in [3.8, 4) is 0 Å². The summed E-state index contributed by atoms with van der Waals surface area (Å²) in [6.07, 6.45) is 0.853. The summed E-state index contributed by atoms with van der Waals surface area (Å²) < 4.78 is 13.3. The van der Waals surface area contributed by atoms with Crippen LogP contribution in [-0.4, -0.2) is 16.6 Å². The van der Waals surface area contributed by atoms with Gasteiger partial charge in [-0.3, -0.25) is 4.79 Å². The summed E-state index contributed by atoms with van der Waals surface area (Å²) in [5.74, 6) is -1.03. The molecule has 0 saturated carbocycles. The summed E-state index contributed by atoms with van der Waals surface area (Å²) in [6.45, 7) is 3.35. The monoisotopic (exact) mass is 263 g/mol. The third-order valence-electron chi connectivity index (χ3n) is 3.02. The second-order valence-electron chi connectivity index (χ2n) is 5.28. The van der Waals surface area contributed by atoms with Crippen molar-refractivity contribution in [2.45, 2.75) is 32.3 Å². The number of fused-ring (bicyclic) bond motifs is 1. The van der Waals surface area contributed by atoms with Crippen LogP contribution in [0.4, 0.5) is 10.1 Å². The maximum Gasteiger partial charge on any atom is 0.267 e. The Labute approximate surface area is 111 Å². The van der Waals surface area contributed by atoms with Crippen molar-refractivity contribution in [3.63, 3.8) is 0 Å². The lowest BCUT2D eigenvalue weighted by molar-refractivity contribution is -0.114. The first-order valence-corrected chi connectivity index (χ1v) is 6.05. The minimum atomic E-state index is -0.869. The molecule has 19 heavy (non-hydrogen) atoms. The third kappa shape index (κ3) is 2.93. The van der Waals surface area contributed by atoms with E-state index < -0.39 is 11.5 Å². The highest BCUT2D eigenvalue weighted by Gasteiger charge is 2.27. The Hall–Kier alpha value is -1.88. The van der Waals surface area contributed by atoms with Crippen molar-refractivity contribution in [1.82, 2.24) is 5.32 Å². The molecule has 101 valence electrons. The molecule has 1 aromatic rings. The van der Waals surface area contributed by atoms with Crippen LogP contribution in [0.2, 0.25) is 0 Å². The van der Waals surface area contributed by atoms with Gasteiger partial charge < -0.3 is 10.8 Å². The van der Waals surface area contributed by atoms with Gasteiger partial charge in [0.05, 0.1) is 11.3 Å². The summed E-state index contributed by atoms with van der Waals surface area (Å²) in [6, 6.07) is 4.15. The number of halogens is 1. The molecule has 1 radical (unpaired) electrons. The topological polar surface area (TPSA) is 77.4 Å². The average molecular weight is 263 g/mol. The van der Waals surface area contributed by atoms with Crippen LogP contribution in [0.3, 0.4) is 0 Å². The van der Waals surface area contributed by atoms with Gasteiger partial charge in [-0.25, -0.2) is 9.71 Å².